The molecule has 1 rings (SSSR count). The molecule has 0 saturated heterocycles. The maximum atomic E-state index is 10.9. The molecule has 1 aliphatic carbocycles. The van der Waals surface area contributed by atoms with Crippen LogP contribution in [0.25, 0.3) is 0 Å². The van der Waals surface area contributed by atoms with Gasteiger partial charge in [-0.25, -0.2) is 0 Å². The number of carbonyl (C=O) groups is 5. The van der Waals surface area contributed by atoms with E-state index in [9.17, 15) is 24.0 Å². The molecule has 0 bridgehead atoms. The first-order chi connectivity index (χ1) is 16.8. The van der Waals surface area contributed by atoms with Gasteiger partial charge in [-0.2, -0.15) is 0 Å². The van der Waals surface area contributed by atoms with Gasteiger partial charge in [-0.1, -0.05) is 20.8 Å². The largest absolute Gasteiger partial charge is 0.469 e. The number of carbonyl (C=O) groups excluding carboxylic acids is 5. The van der Waals surface area contributed by atoms with E-state index in [2.05, 4.69) is 18.9 Å². The van der Waals surface area contributed by atoms with E-state index in [1.54, 1.807) is 27.7 Å². The number of rotatable bonds is 10. The predicted octanol–water partition coefficient (Wildman–Crippen LogP) is 4.26. The lowest BCUT2D eigenvalue weighted by molar-refractivity contribution is -0.160. The average Bonchev–Trinajstić information content (AvgIpc) is 3.58. The summed E-state index contributed by atoms with van der Waals surface area (Å²) >= 11 is 0. The van der Waals surface area contributed by atoms with Gasteiger partial charge in [0.2, 0.25) is 0 Å². The summed E-state index contributed by atoms with van der Waals surface area (Å²) in [5.41, 5.74) is -0.101. The van der Waals surface area contributed by atoms with Crippen LogP contribution in [0.2, 0.25) is 0 Å². The summed E-state index contributed by atoms with van der Waals surface area (Å²) in [7, 11) is 1.39. The summed E-state index contributed by atoms with van der Waals surface area (Å²) < 4.78 is 23.1. The van der Waals surface area contributed by atoms with Gasteiger partial charge in [0.1, 0.15) is 0 Å². The summed E-state index contributed by atoms with van der Waals surface area (Å²) in [6.45, 7) is 17.6. The Bertz CT molecular complexity index is 613. The van der Waals surface area contributed by atoms with Crippen molar-refractivity contribution in [1.82, 2.24) is 0 Å². The molecular weight excluding hydrogens is 472 g/mol. The van der Waals surface area contributed by atoms with Gasteiger partial charge in [0, 0.05) is 6.42 Å². The van der Waals surface area contributed by atoms with E-state index < -0.39 is 17.9 Å². The minimum atomic E-state index is -0.815. The summed E-state index contributed by atoms with van der Waals surface area (Å²) in [4.78, 5) is 53.5. The minimum absolute atomic E-state index is 0.00463. The molecule has 0 atom stereocenters. The molecule has 36 heavy (non-hydrogen) atoms. The maximum Gasteiger partial charge on any atom is 0.320 e. The summed E-state index contributed by atoms with van der Waals surface area (Å²) in [5, 5.41) is 0. The third-order valence-electron chi connectivity index (χ3n) is 4.48. The zero-order valence-corrected chi connectivity index (χ0v) is 23.9. The van der Waals surface area contributed by atoms with Gasteiger partial charge in [0.25, 0.3) is 0 Å². The van der Waals surface area contributed by atoms with Crippen molar-refractivity contribution in [3.63, 3.8) is 0 Å². The van der Waals surface area contributed by atoms with Crippen LogP contribution in [0.5, 0.6) is 0 Å². The average molecular weight is 521 g/mol. The molecule has 0 aliphatic heterocycles. The summed E-state index contributed by atoms with van der Waals surface area (Å²) in [5.74, 6) is -2.14. The van der Waals surface area contributed by atoms with Crippen molar-refractivity contribution >= 4 is 29.8 Å². The van der Waals surface area contributed by atoms with Crippen molar-refractivity contribution in [2.24, 2.45) is 17.3 Å². The van der Waals surface area contributed by atoms with Crippen molar-refractivity contribution in [1.29, 1.82) is 0 Å². The van der Waals surface area contributed by atoms with E-state index in [4.69, 9.17) is 4.74 Å². The normalized spacial score (nSPS) is 12.2. The van der Waals surface area contributed by atoms with E-state index in [0.717, 1.165) is 19.3 Å². The van der Waals surface area contributed by atoms with Crippen LogP contribution in [0.15, 0.2) is 0 Å². The van der Waals surface area contributed by atoms with Crippen molar-refractivity contribution < 1.29 is 47.7 Å². The smallest absolute Gasteiger partial charge is 0.320 e. The van der Waals surface area contributed by atoms with Crippen LogP contribution in [-0.2, 0) is 47.7 Å². The highest BCUT2D eigenvalue weighted by molar-refractivity contribution is 5.94. The maximum absolute atomic E-state index is 10.9. The lowest BCUT2D eigenvalue weighted by Crippen LogP contribution is -2.25. The number of esters is 5. The predicted molar refractivity (Wildman–Crippen MR) is 135 cm³/mol. The Hall–Kier alpha value is -2.65. The second kappa shape index (κ2) is 22.8. The Morgan fingerprint density at radius 2 is 1.11 bits per heavy atom. The standard InChI is InChI=1S/C8H14O4.C7H12O2.C6H12O2.C5H10O2/c1-4-11-7(9)6(3)8(10)12-5-2;1-3-9-6(8)7(2)4-5-7;1-3-5-6(7)8-4-2;1-4(2)5(6)7-3/h6H,4-5H2,1-3H3;3-5H2,1-2H3;3-5H2,1-2H3;4H,1-3H3. The fourth-order valence-corrected chi connectivity index (χ4v) is 2.00. The molecule has 212 valence electrons. The first kappa shape index (κ1) is 37.9. The first-order valence-corrected chi connectivity index (χ1v) is 12.5. The second-order valence-electron chi connectivity index (χ2n) is 8.24. The molecular formula is C26H48O10. The minimum Gasteiger partial charge on any atom is -0.469 e. The van der Waals surface area contributed by atoms with Gasteiger partial charge < -0.3 is 23.7 Å². The molecule has 1 fully saturated rings. The van der Waals surface area contributed by atoms with Gasteiger partial charge in [-0.05, 0) is 60.8 Å². The lowest BCUT2D eigenvalue weighted by Gasteiger charge is -2.08. The molecule has 0 aromatic rings. The molecule has 1 saturated carbocycles. The zero-order chi connectivity index (χ0) is 28.7. The fraction of sp³-hybridized carbons (Fsp3) is 0.808. The Kier molecular flexibility index (Phi) is 24.0. The van der Waals surface area contributed by atoms with Crippen LogP contribution in [-0.4, -0.2) is 63.4 Å². The molecule has 0 radical (unpaired) electrons. The van der Waals surface area contributed by atoms with E-state index in [1.807, 2.05) is 27.7 Å². The van der Waals surface area contributed by atoms with Gasteiger partial charge in [-0.3, -0.25) is 24.0 Å². The fourth-order valence-electron chi connectivity index (χ4n) is 2.00. The molecule has 0 spiro atoms. The van der Waals surface area contributed by atoms with Crippen molar-refractivity contribution in [3.8, 4) is 0 Å². The van der Waals surface area contributed by atoms with Gasteiger partial charge in [0.05, 0.1) is 44.9 Å². The zero-order valence-electron chi connectivity index (χ0n) is 23.9. The van der Waals surface area contributed by atoms with Crippen molar-refractivity contribution in [2.75, 3.05) is 33.5 Å². The Balaban J connectivity index is -0.000000412. The molecule has 1 aliphatic rings. The molecule has 0 unspecified atom stereocenters. The van der Waals surface area contributed by atoms with Crippen molar-refractivity contribution in [2.45, 2.75) is 88.0 Å². The highest BCUT2D eigenvalue weighted by Gasteiger charge is 2.46. The topological polar surface area (TPSA) is 132 Å². The SMILES string of the molecule is CCCC(=O)OCC.CCOC(=O)C(C)C(=O)OCC.CCOC(=O)C1(C)CC1.COC(=O)C(C)C. The van der Waals surface area contributed by atoms with Gasteiger partial charge >= 0.3 is 29.8 Å². The Morgan fingerprint density at radius 1 is 0.694 bits per heavy atom. The van der Waals surface area contributed by atoms with Crippen LogP contribution in [0.4, 0.5) is 0 Å². The quantitative estimate of drug-likeness (QED) is 0.234. The lowest BCUT2D eigenvalue weighted by atomic mass is 10.1. The molecule has 0 aromatic carbocycles. The van der Waals surface area contributed by atoms with E-state index in [-0.39, 0.29) is 42.5 Å². The second-order valence-corrected chi connectivity index (χ2v) is 8.24. The molecule has 0 heterocycles. The third-order valence-corrected chi connectivity index (χ3v) is 4.48. The van der Waals surface area contributed by atoms with Crippen LogP contribution in [0.1, 0.15) is 88.0 Å². The molecule has 0 N–H and O–H groups in total. The number of ether oxygens (including phenoxy) is 5. The van der Waals surface area contributed by atoms with Crippen molar-refractivity contribution in [3.05, 3.63) is 0 Å². The van der Waals surface area contributed by atoms with E-state index >= 15 is 0 Å². The van der Waals surface area contributed by atoms with E-state index in [1.165, 1.54) is 14.0 Å². The molecule has 10 heteroatoms. The molecule has 0 aromatic heterocycles. The van der Waals surface area contributed by atoms with Crippen LogP contribution in [0, 0.1) is 17.3 Å². The van der Waals surface area contributed by atoms with Crippen LogP contribution in [0.3, 0.4) is 0 Å². The molecule has 10 nitrogen and oxygen atoms in total. The molecule has 0 amide bonds. The Morgan fingerprint density at radius 3 is 1.36 bits per heavy atom. The van der Waals surface area contributed by atoms with E-state index in [0.29, 0.717) is 19.6 Å². The highest BCUT2D eigenvalue weighted by Crippen LogP contribution is 2.45. The van der Waals surface area contributed by atoms with Gasteiger partial charge in [-0.15, -0.1) is 0 Å². The number of methoxy groups -OCH3 is 1. The monoisotopic (exact) mass is 520 g/mol. The third kappa shape index (κ3) is 20.7. The first-order valence-electron chi connectivity index (χ1n) is 12.5. The highest BCUT2D eigenvalue weighted by atomic mass is 16.6. The summed E-state index contributed by atoms with van der Waals surface area (Å²) in [6.07, 6.45) is 3.43. The Labute approximate surface area is 216 Å². The number of hydrogen-bond acceptors (Lipinski definition) is 10. The van der Waals surface area contributed by atoms with Crippen LogP contribution >= 0.6 is 0 Å². The summed E-state index contributed by atoms with van der Waals surface area (Å²) in [6, 6.07) is 0. The van der Waals surface area contributed by atoms with Crippen LogP contribution < -0.4 is 0 Å². The number of hydrogen-bond donors (Lipinski definition) is 0. The van der Waals surface area contributed by atoms with Gasteiger partial charge in [0.15, 0.2) is 5.92 Å².